The molecule has 1 fully saturated rings. The van der Waals surface area contributed by atoms with Gasteiger partial charge in [0.05, 0.1) is 25.7 Å². The van der Waals surface area contributed by atoms with Crippen molar-refractivity contribution < 1.29 is 14.3 Å². The SMILES string of the molecule is COc1ccc(Cl)cc1CN1C(=O)CNC(C)(C)C1=O. The Balaban J connectivity index is 2.30. The van der Waals surface area contributed by atoms with Crippen LogP contribution in [0.15, 0.2) is 18.2 Å². The molecule has 20 heavy (non-hydrogen) atoms. The van der Waals surface area contributed by atoms with Crippen molar-refractivity contribution in [2.24, 2.45) is 0 Å². The van der Waals surface area contributed by atoms with Gasteiger partial charge in [0.15, 0.2) is 0 Å². The minimum Gasteiger partial charge on any atom is -0.496 e. The summed E-state index contributed by atoms with van der Waals surface area (Å²) in [4.78, 5) is 25.5. The van der Waals surface area contributed by atoms with E-state index in [4.69, 9.17) is 16.3 Å². The van der Waals surface area contributed by atoms with Crippen LogP contribution in [0.2, 0.25) is 5.02 Å². The Hall–Kier alpha value is -1.59. The lowest BCUT2D eigenvalue weighted by Gasteiger charge is -2.36. The number of nitrogens with zero attached hydrogens (tertiary/aromatic N) is 1. The van der Waals surface area contributed by atoms with E-state index >= 15 is 0 Å². The summed E-state index contributed by atoms with van der Waals surface area (Å²) in [5.74, 6) is 0.0958. The number of hydrogen-bond donors (Lipinski definition) is 1. The molecule has 0 saturated carbocycles. The Morgan fingerprint density at radius 1 is 1.40 bits per heavy atom. The first-order valence-corrected chi connectivity index (χ1v) is 6.65. The van der Waals surface area contributed by atoms with Gasteiger partial charge >= 0.3 is 0 Å². The fourth-order valence-corrected chi connectivity index (χ4v) is 2.31. The monoisotopic (exact) mass is 296 g/mol. The molecule has 1 aromatic carbocycles. The first-order chi connectivity index (χ1) is 9.35. The molecule has 0 aromatic heterocycles. The average Bonchev–Trinajstić information content (AvgIpc) is 2.40. The van der Waals surface area contributed by atoms with E-state index in [2.05, 4.69) is 5.32 Å². The maximum absolute atomic E-state index is 12.3. The van der Waals surface area contributed by atoms with Gasteiger partial charge in [0.25, 0.3) is 0 Å². The highest BCUT2D eigenvalue weighted by Crippen LogP contribution is 2.25. The molecule has 0 bridgehead atoms. The van der Waals surface area contributed by atoms with Crippen molar-refractivity contribution in [3.63, 3.8) is 0 Å². The molecule has 0 atom stereocenters. The third-order valence-electron chi connectivity index (χ3n) is 3.33. The van der Waals surface area contributed by atoms with Crippen LogP contribution in [0, 0.1) is 0 Å². The lowest BCUT2D eigenvalue weighted by atomic mass is 10.00. The van der Waals surface area contributed by atoms with Gasteiger partial charge in [-0.15, -0.1) is 0 Å². The molecule has 2 rings (SSSR count). The molecule has 1 heterocycles. The second-order valence-electron chi connectivity index (χ2n) is 5.22. The smallest absolute Gasteiger partial charge is 0.249 e. The number of piperazine rings is 1. The van der Waals surface area contributed by atoms with Gasteiger partial charge in [-0.25, -0.2) is 0 Å². The molecule has 0 radical (unpaired) electrons. The molecule has 0 aliphatic carbocycles. The van der Waals surface area contributed by atoms with E-state index in [-0.39, 0.29) is 24.9 Å². The zero-order valence-electron chi connectivity index (χ0n) is 11.7. The lowest BCUT2D eigenvalue weighted by molar-refractivity contribution is -0.153. The Bertz CT molecular complexity index is 557. The summed E-state index contributed by atoms with van der Waals surface area (Å²) in [6, 6.07) is 5.13. The summed E-state index contributed by atoms with van der Waals surface area (Å²) in [6.07, 6.45) is 0. The number of rotatable bonds is 3. The van der Waals surface area contributed by atoms with Crippen molar-refractivity contribution in [2.45, 2.75) is 25.9 Å². The van der Waals surface area contributed by atoms with Crippen LogP contribution in [0.25, 0.3) is 0 Å². The maximum Gasteiger partial charge on any atom is 0.249 e. The molecule has 5 nitrogen and oxygen atoms in total. The molecule has 1 saturated heterocycles. The molecular weight excluding hydrogens is 280 g/mol. The van der Waals surface area contributed by atoms with Crippen molar-refractivity contribution in [1.29, 1.82) is 0 Å². The van der Waals surface area contributed by atoms with Crippen molar-refractivity contribution in [3.8, 4) is 5.75 Å². The zero-order chi connectivity index (χ0) is 14.9. The molecule has 1 aliphatic rings. The van der Waals surface area contributed by atoms with E-state index in [1.165, 1.54) is 12.0 Å². The van der Waals surface area contributed by atoms with Crippen molar-refractivity contribution >= 4 is 23.4 Å². The quantitative estimate of drug-likeness (QED) is 0.861. The molecule has 0 spiro atoms. The number of amides is 2. The molecule has 2 amide bonds. The standard InChI is InChI=1S/C14H17ClN2O3/c1-14(2)13(19)17(12(18)7-16-14)8-9-6-10(15)4-5-11(9)20-3/h4-6,16H,7-8H2,1-3H3. The van der Waals surface area contributed by atoms with Crippen LogP contribution in [0.3, 0.4) is 0 Å². The highest BCUT2D eigenvalue weighted by molar-refractivity contribution is 6.30. The highest BCUT2D eigenvalue weighted by atomic mass is 35.5. The van der Waals surface area contributed by atoms with Crippen LogP contribution in [-0.2, 0) is 16.1 Å². The normalized spacial score (nSPS) is 18.3. The van der Waals surface area contributed by atoms with Crippen LogP contribution in [0.5, 0.6) is 5.75 Å². The van der Waals surface area contributed by atoms with Crippen molar-refractivity contribution in [3.05, 3.63) is 28.8 Å². The first kappa shape index (κ1) is 14.8. The molecule has 1 N–H and O–H groups in total. The summed E-state index contributed by atoms with van der Waals surface area (Å²) in [6.45, 7) is 3.81. The van der Waals surface area contributed by atoms with Crippen molar-refractivity contribution in [2.75, 3.05) is 13.7 Å². The third-order valence-corrected chi connectivity index (χ3v) is 3.57. The maximum atomic E-state index is 12.3. The van der Waals surface area contributed by atoms with Crippen LogP contribution in [0.1, 0.15) is 19.4 Å². The molecule has 1 aliphatic heterocycles. The van der Waals surface area contributed by atoms with Gasteiger partial charge in [-0.1, -0.05) is 11.6 Å². The summed E-state index contributed by atoms with van der Waals surface area (Å²) < 4.78 is 5.24. The Morgan fingerprint density at radius 3 is 2.75 bits per heavy atom. The van der Waals surface area contributed by atoms with E-state index in [0.29, 0.717) is 16.3 Å². The molecule has 108 valence electrons. The largest absolute Gasteiger partial charge is 0.496 e. The van der Waals surface area contributed by atoms with Crippen molar-refractivity contribution in [1.82, 2.24) is 10.2 Å². The number of nitrogens with one attached hydrogen (secondary N) is 1. The van der Waals surface area contributed by atoms with Gasteiger partial charge in [-0.05, 0) is 32.0 Å². The number of imide groups is 1. The second-order valence-corrected chi connectivity index (χ2v) is 5.66. The molecule has 0 unspecified atom stereocenters. The molecular formula is C14H17ClN2O3. The number of carbonyl (C=O) groups excluding carboxylic acids is 2. The van der Waals surface area contributed by atoms with E-state index in [9.17, 15) is 9.59 Å². The van der Waals surface area contributed by atoms with Gasteiger partial charge in [0.1, 0.15) is 5.75 Å². The van der Waals surface area contributed by atoms with E-state index in [0.717, 1.165) is 0 Å². The Kier molecular flexibility index (Phi) is 4.01. The summed E-state index contributed by atoms with van der Waals surface area (Å²) in [5, 5.41) is 3.45. The van der Waals surface area contributed by atoms with E-state index < -0.39 is 5.54 Å². The predicted octanol–water partition coefficient (Wildman–Crippen LogP) is 1.59. The average molecular weight is 297 g/mol. The highest BCUT2D eigenvalue weighted by Gasteiger charge is 2.39. The molecule has 1 aromatic rings. The van der Waals surface area contributed by atoms with Gasteiger partial charge in [0.2, 0.25) is 11.8 Å². The number of benzene rings is 1. The summed E-state index contributed by atoms with van der Waals surface area (Å²) >= 11 is 5.96. The van der Waals surface area contributed by atoms with Gasteiger partial charge in [-0.2, -0.15) is 0 Å². The number of methoxy groups -OCH3 is 1. The molecule has 6 heteroatoms. The zero-order valence-corrected chi connectivity index (χ0v) is 12.5. The Morgan fingerprint density at radius 2 is 2.10 bits per heavy atom. The topological polar surface area (TPSA) is 58.6 Å². The van der Waals surface area contributed by atoms with Crippen LogP contribution >= 0.6 is 11.6 Å². The number of hydrogen-bond acceptors (Lipinski definition) is 4. The van der Waals surface area contributed by atoms with Gasteiger partial charge in [0, 0.05) is 10.6 Å². The van der Waals surface area contributed by atoms with Crippen LogP contribution in [-0.4, -0.2) is 35.9 Å². The summed E-state index contributed by atoms with van der Waals surface area (Å²) in [7, 11) is 1.54. The number of ether oxygens (including phenoxy) is 1. The van der Waals surface area contributed by atoms with E-state index in [1.807, 2.05) is 0 Å². The fourth-order valence-electron chi connectivity index (χ4n) is 2.12. The minimum absolute atomic E-state index is 0.140. The number of halogens is 1. The van der Waals surface area contributed by atoms with E-state index in [1.54, 1.807) is 32.0 Å². The fraction of sp³-hybridized carbons (Fsp3) is 0.429. The first-order valence-electron chi connectivity index (χ1n) is 6.27. The lowest BCUT2D eigenvalue weighted by Crippen LogP contribution is -2.63. The van der Waals surface area contributed by atoms with Crippen LogP contribution in [0.4, 0.5) is 0 Å². The van der Waals surface area contributed by atoms with Gasteiger partial charge < -0.3 is 4.74 Å². The van der Waals surface area contributed by atoms with Gasteiger partial charge in [-0.3, -0.25) is 19.8 Å². The van der Waals surface area contributed by atoms with Crippen LogP contribution < -0.4 is 10.1 Å². The third kappa shape index (κ3) is 2.78. The second kappa shape index (κ2) is 5.42. The Labute approximate surface area is 122 Å². The predicted molar refractivity (Wildman–Crippen MR) is 75.6 cm³/mol. The number of carbonyl (C=O) groups is 2. The summed E-state index contributed by atoms with van der Waals surface area (Å²) in [5.41, 5.74) is -0.0425. The minimum atomic E-state index is -0.750.